The predicted molar refractivity (Wildman–Crippen MR) is 89.2 cm³/mol. The maximum absolute atomic E-state index is 12.6. The molecule has 0 radical (unpaired) electrons. The number of carbonyl (C=O) groups excluding carboxylic acids is 1. The van der Waals surface area contributed by atoms with Gasteiger partial charge in [-0.15, -0.1) is 10.2 Å². The largest absolute Gasteiger partial charge is 0.534 e. The Morgan fingerprint density at radius 3 is 2.50 bits per heavy atom. The number of esters is 1. The molecular formula is C15H14ClF3N2O6S. The highest BCUT2D eigenvalue weighted by Crippen LogP contribution is 2.34. The molecule has 0 fully saturated rings. The van der Waals surface area contributed by atoms with E-state index in [9.17, 15) is 26.4 Å². The van der Waals surface area contributed by atoms with Crippen LogP contribution in [0, 0.1) is 6.92 Å². The lowest BCUT2D eigenvalue weighted by atomic mass is 9.95. The smallest absolute Gasteiger partial charge is 0.466 e. The third kappa shape index (κ3) is 5.35. The zero-order valence-electron chi connectivity index (χ0n) is 14.5. The number of benzene rings is 1. The fourth-order valence-electron chi connectivity index (χ4n) is 2.19. The van der Waals surface area contributed by atoms with Crippen molar-refractivity contribution in [1.82, 2.24) is 10.2 Å². The van der Waals surface area contributed by atoms with Gasteiger partial charge in [-0.3, -0.25) is 4.79 Å². The first-order valence-electron chi connectivity index (χ1n) is 7.69. The molecule has 0 saturated carbocycles. The van der Waals surface area contributed by atoms with Crippen LogP contribution in [0.1, 0.15) is 36.6 Å². The number of aromatic nitrogens is 2. The summed E-state index contributed by atoms with van der Waals surface area (Å²) < 4.78 is 74.5. The summed E-state index contributed by atoms with van der Waals surface area (Å²) in [6.45, 7) is 3.19. The second-order valence-corrected chi connectivity index (χ2v) is 7.40. The van der Waals surface area contributed by atoms with Crippen LogP contribution < -0.4 is 4.18 Å². The molecule has 8 nitrogen and oxygen atoms in total. The molecule has 2 rings (SSSR count). The molecule has 1 aromatic carbocycles. The van der Waals surface area contributed by atoms with E-state index in [4.69, 9.17) is 20.8 Å². The number of carbonyl (C=O) groups is 1. The highest BCUT2D eigenvalue weighted by Gasteiger charge is 2.48. The van der Waals surface area contributed by atoms with Gasteiger partial charge in [0.25, 0.3) is 0 Å². The maximum atomic E-state index is 12.6. The van der Waals surface area contributed by atoms with Gasteiger partial charge in [-0.2, -0.15) is 21.6 Å². The van der Waals surface area contributed by atoms with Crippen LogP contribution in [0.3, 0.4) is 0 Å². The van der Waals surface area contributed by atoms with Gasteiger partial charge in [-0.1, -0.05) is 11.6 Å². The molecule has 28 heavy (non-hydrogen) atoms. The Hall–Kier alpha value is -2.34. The molecule has 13 heteroatoms. The van der Waals surface area contributed by atoms with Crippen LogP contribution >= 0.6 is 11.6 Å². The molecule has 0 saturated heterocycles. The van der Waals surface area contributed by atoms with E-state index in [1.54, 1.807) is 6.92 Å². The van der Waals surface area contributed by atoms with Gasteiger partial charge in [-0.25, -0.2) is 0 Å². The van der Waals surface area contributed by atoms with E-state index < -0.39 is 33.3 Å². The molecule has 0 amide bonds. The van der Waals surface area contributed by atoms with Gasteiger partial charge in [0.15, 0.2) is 0 Å². The zero-order chi connectivity index (χ0) is 21.1. The number of rotatable bonds is 7. The third-order valence-electron chi connectivity index (χ3n) is 3.30. The van der Waals surface area contributed by atoms with E-state index in [1.165, 1.54) is 13.0 Å². The molecule has 0 aliphatic heterocycles. The Labute approximate surface area is 162 Å². The van der Waals surface area contributed by atoms with Gasteiger partial charge in [0.1, 0.15) is 5.75 Å². The lowest BCUT2D eigenvalue weighted by molar-refractivity contribution is -0.143. The Morgan fingerprint density at radius 2 is 1.96 bits per heavy atom. The van der Waals surface area contributed by atoms with E-state index in [0.29, 0.717) is 0 Å². The van der Waals surface area contributed by atoms with Gasteiger partial charge < -0.3 is 13.3 Å². The topological polar surface area (TPSA) is 109 Å². The van der Waals surface area contributed by atoms with Crippen molar-refractivity contribution in [3.05, 3.63) is 40.6 Å². The second-order valence-electron chi connectivity index (χ2n) is 5.42. The SMILES string of the molecule is CCOC(=O)CC(c1cc(Cl)cc(OS(=O)(=O)C(F)(F)F)c1)c1nnc(C)o1. The van der Waals surface area contributed by atoms with Gasteiger partial charge in [0.2, 0.25) is 11.8 Å². The number of hydrogen-bond donors (Lipinski definition) is 0. The summed E-state index contributed by atoms with van der Waals surface area (Å²) in [5.74, 6) is -2.13. The summed E-state index contributed by atoms with van der Waals surface area (Å²) >= 11 is 5.89. The molecule has 0 N–H and O–H groups in total. The molecule has 1 atom stereocenters. The molecule has 0 bridgehead atoms. The minimum Gasteiger partial charge on any atom is -0.466 e. The monoisotopic (exact) mass is 442 g/mol. The molecular weight excluding hydrogens is 429 g/mol. The number of ether oxygens (including phenoxy) is 1. The first-order valence-corrected chi connectivity index (χ1v) is 9.48. The zero-order valence-corrected chi connectivity index (χ0v) is 16.1. The Kier molecular flexibility index (Phi) is 6.55. The first-order chi connectivity index (χ1) is 12.9. The summed E-state index contributed by atoms with van der Waals surface area (Å²) in [6.07, 6.45) is -0.304. The summed E-state index contributed by atoms with van der Waals surface area (Å²) in [4.78, 5) is 11.9. The van der Waals surface area contributed by atoms with Crippen molar-refractivity contribution in [2.45, 2.75) is 31.7 Å². The van der Waals surface area contributed by atoms with Crippen molar-refractivity contribution in [1.29, 1.82) is 0 Å². The van der Waals surface area contributed by atoms with Crippen LogP contribution in [0.4, 0.5) is 13.2 Å². The van der Waals surface area contributed by atoms with Crippen molar-refractivity contribution in [3.8, 4) is 5.75 Å². The number of halogens is 4. The number of nitrogens with zero attached hydrogens (tertiary/aromatic N) is 2. The molecule has 1 heterocycles. The number of hydrogen-bond acceptors (Lipinski definition) is 8. The summed E-state index contributed by atoms with van der Waals surface area (Å²) in [5, 5.41) is 7.32. The predicted octanol–water partition coefficient (Wildman–Crippen LogP) is 3.34. The number of aryl methyl sites for hydroxylation is 1. The standard InChI is InChI=1S/C15H14ClF3N2O6S/c1-3-25-13(22)7-12(14-21-20-8(2)26-14)9-4-10(16)6-11(5-9)27-28(23,24)15(17,18)19/h4-6,12H,3,7H2,1-2H3. The van der Waals surface area contributed by atoms with Gasteiger partial charge in [-0.05, 0) is 24.6 Å². The average Bonchev–Trinajstić information content (AvgIpc) is 2.97. The molecule has 2 aromatic rings. The lowest BCUT2D eigenvalue weighted by Gasteiger charge is -2.15. The minimum atomic E-state index is -5.90. The maximum Gasteiger partial charge on any atom is 0.534 e. The van der Waals surface area contributed by atoms with Gasteiger partial charge in [0.05, 0.1) is 18.9 Å². The van der Waals surface area contributed by atoms with E-state index in [2.05, 4.69) is 14.4 Å². The van der Waals surface area contributed by atoms with Crippen LogP contribution in [0.15, 0.2) is 22.6 Å². The molecule has 0 spiro atoms. The van der Waals surface area contributed by atoms with E-state index in [1.807, 2.05) is 0 Å². The Morgan fingerprint density at radius 1 is 1.29 bits per heavy atom. The van der Waals surface area contributed by atoms with Crippen LogP contribution in [0.25, 0.3) is 0 Å². The highest BCUT2D eigenvalue weighted by molar-refractivity contribution is 7.88. The molecule has 0 aliphatic carbocycles. The summed E-state index contributed by atoms with van der Waals surface area (Å²) in [5.41, 5.74) is -5.50. The van der Waals surface area contributed by atoms with Crippen molar-refractivity contribution in [3.63, 3.8) is 0 Å². The van der Waals surface area contributed by atoms with Crippen LogP contribution in [0.5, 0.6) is 5.75 Å². The number of alkyl halides is 3. The fourth-order valence-corrected chi connectivity index (χ4v) is 2.87. The van der Waals surface area contributed by atoms with Crippen molar-refractivity contribution in [2.75, 3.05) is 6.61 Å². The van der Waals surface area contributed by atoms with Crippen LogP contribution in [-0.2, 0) is 19.6 Å². The second kappa shape index (κ2) is 8.35. The van der Waals surface area contributed by atoms with Crippen LogP contribution in [-0.4, -0.2) is 36.7 Å². The van der Waals surface area contributed by atoms with Crippen LogP contribution in [0.2, 0.25) is 5.02 Å². The highest BCUT2D eigenvalue weighted by atomic mass is 35.5. The molecule has 1 unspecified atom stereocenters. The van der Waals surface area contributed by atoms with E-state index in [0.717, 1.165) is 12.1 Å². The minimum absolute atomic E-state index is 0.0301. The van der Waals surface area contributed by atoms with Crippen molar-refractivity contribution < 1.29 is 39.7 Å². The van der Waals surface area contributed by atoms with Crippen molar-refractivity contribution >= 4 is 27.7 Å². The Bertz CT molecular complexity index is 961. The quantitative estimate of drug-likeness (QED) is 0.365. The normalized spacial score (nSPS) is 13.2. The van der Waals surface area contributed by atoms with Gasteiger partial charge in [0, 0.05) is 18.0 Å². The molecule has 0 aliphatic rings. The summed E-state index contributed by atoms with van der Waals surface area (Å²) in [6, 6.07) is 3.17. The molecule has 154 valence electrons. The lowest BCUT2D eigenvalue weighted by Crippen LogP contribution is -2.28. The average molecular weight is 443 g/mol. The summed E-state index contributed by atoms with van der Waals surface area (Å²) in [7, 11) is -5.90. The third-order valence-corrected chi connectivity index (χ3v) is 4.50. The van der Waals surface area contributed by atoms with Crippen molar-refractivity contribution in [2.24, 2.45) is 0 Å². The first kappa shape index (κ1) is 22.0. The van der Waals surface area contributed by atoms with E-state index in [-0.39, 0.29) is 35.4 Å². The molecule has 1 aromatic heterocycles. The van der Waals surface area contributed by atoms with E-state index >= 15 is 0 Å². The Balaban J connectivity index is 2.46. The van der Waals surface area contributed by atoms with Gasteiger partial charge >= 0.3 is 21.6 Å². The fraction of sp³-hybridized carbons (Fsp3) is 0.400.